The first kappa shape index (κ1) is 23.2. The predicted octanol–water partition coefficient (Wildman–Crippen LogP) is 2.25. The monoisotopic (exact) mass is 445 g/mol. The molecule has 170 valence electrons. The fraction of sp³-hybridized carbons (Fsp3) is 0.381. The van der Waals surface area contributed by atoms with E-state index in [4.69, 9.17) is 18.7 Å². The van der Waals surface area contributed by atoms with E-state index in [0.717, 1.165) is 26.4 Å². The van der Waals surface area contributed by atoms with Crippen LogP contribution in [0.1, 0.15) is 27.8 Å². The van der Waals surface area contributed by atoms with E-state index in [-0.39, 0.29) is 23.8 Å². The van der Waals surface area contributed by atoms with Crippen molar-refractivity contribution in [2.75, 3.05) is 33.5 Å². The van der Waals surface area contributed by atoms with Gasteiger partial charge < -0.3 is 24.1 Å². The van der Waals surface area contributed by atoms with Crippen molar-refractivity contribution in [2.45, 2.75) is 20.4 Å². The lowest BCUT2D eigenvalue weighted by Crippen LogP contribution is -2.24. The highest BCUT2D eigenvalue weighted by molar-refractivity contribution is 5.93. The lowest BCUT2D eigenvalue weighted by molar-refractivity contribution is -0.0334. The lowest BCUT2D eigenvalue weighted by Gasteiger charge is -2.09. The molecule has 1 saturated heterocycles. The smallest absolute Gasteiger partial charge is 0.270 e. The van der Waals surface area contributed by atoms with Crippen molar-refractivity contribution in [1.82, 2.24) is 25.4 Å². The van der Waals surface area contributed by atoms with Gasteiger partial charge >= 0.3 is 0 Å². The molecule has 1 aliphatic rings. The van der Waals surface area contributed by atoms with Crippen LogP contribution in [0.3, 0.4) is 0 Å². The Morgan fingerprint density at radius 3 is 2.41 bits per heavy atom. The van der Waals surface area contributed by atoms with Gasteiger partial charge in [0.1, 0.15) is 17.2 Å². The van der Waals surface area contributed by atoms with E-state index in [2.05, 4.69) is 25.4 Å². The fourth-order valence-electron chi connectivity index (χ4n) is 2.73. The highest BCUT2D eigenvalue weighted by Crippen LogP contribution is 2.18. The molecule has 32 heavy (non-hydrogen) atoms. The van der Waals surface area contributed by atoms with Crippen LogP contribution in [-0.4, -0.2) is 59.6 Å². The molecule has 1 amide bonds. The first-order chi connectivity index (χ1) is 15.5. The number of carbonyl (C=O) groups excluding carboxylic acids is 1. The Morgan fingerprint density at radius 2 is 1.81 bits per heavy atom. The average molecular weight is 445 g/mol. The maximum Gasteiger partial charge on any atom is 0.270 e. The number of amides is 1. The molecule has 0 bridgehead atoms. The molecule has 0 radical (unpaired) electrons. The second-order valence-corrected chi connectivity index (χ2v) is 6.70. The molecular weight excluding hydrogens is 421 g/mol. The summed E-state index contributed by atoms with van der Waals surface area (Å²) in [5, 5.41) is 6.52. The molecule has 10 nitrogen and oxygen atoms in total. The summed E-state index contributed by atoms with van der Waals surface area (Å²) in [6, 6.07) is 5.86. The van der Waals surface area contributed by atoms with Gasteiger partial charge in [-0.1, -0.05) is 11.2 Å². The average Bonchev–Trinajstić information content (AvgIpc) is 3.26. The molecule has 0 atom stereocenters. The molecule has 0 spiro atoms. The maximum atomic E-state index is 13.4. The Labute approximate surface area is 184 Å². The summed E-state index contributed by atoms with van der Waals surface area (Å²) in [6.45, 7) is 6.63. The van der Waals surface area contributed by atoms with Gasteiger partial charge in [-0.2, -0.15) is 4.98 Å². The third kappa shape index (κ3) is 6.53. The van der Waals surface area contributed by atoms with Gasteiger partial charge in [0.25, 0.3) is 5.91 Å². The molecule has 3 heterocycles. The van der Waals surface area contributed by atoms with Gasteiger partial charge in [0.05, 0.1) is 33.5 Å². The standard InChI is InChI=1S/C17H16FN5O3.C4H8O2/c1-9-20-13(16-22-10(2)26-23-16)7-14(21-9)17(24)19-8-11-4-5-12(18)15(6-11)25-3;1-2-6-4-3-5-1/h4-7H,8H2,1-3H3,(H,19,24);1-4H2. The van der Waals surface area contributed by atoms with Crippen LogP contribution in [0.4, 0.5) is 4.39 Å². The Kier molecular flexibility index (Phi) is 8.17. The number of rotatable bonds is 5. The van der Waals surface area contributed by atoms with Gasteiger partial charge in [0, 0.05) is 13.5 Å². The molecule has 1 fully saturated rings. The number of nitrogens with zero attached hydrogens (tertiary/aromatic N) is 4. The van der Waals surface area contributed by atoms with Crippen molar-refractivity contribution >= 4 is 5.91 Å². The summed E-state index contributed by atoms with van der Waals surface area (Å²) in [7, 11) is 1.38. The van der Waals surface area contributed by atoms with Crippen molar-refractivity contribution in [3.8, 4) is 17.3 Å². The van der Waals surface area contributed by atoms with Gasteiger partial charge in [0.2, 0.25) is 11.7 Å². The van der Waals surface area contributed by atoms with Gasteiger partial charge in [0.15, 0.2) is 11.6 Å². The quantitative estimate of drug-likeness (QED) is 0.630. The maximum absolute atomic E-state index is 13.4. The number of methoxy groups -OCH3 is 1. The first-order valence-corrected chi connectivity index (χ1v) is 9.88. The van der Waals surface area contributed by atoms with Crippen molar-refractivity contribution in [1.29, 1.82) is 0 Å². The van der Waals surface area contributed by atoms with E-state index >= 15 is 0 Å². The largest absolute Gasteiger partial charge is 0.494 e. The van der Waals surface area contributed by atoms with Crippen molar-refractivity contribution < 1.29 is 27.9 Å². The molecule has 4 rings (SSSR count). The number of hydrogen-bond donors (Lipinski definition) is 1. The van der Waals surface area contributed by atoms with Crippen LogP contribution in [0.25, 0.3) is 11.5 Å². The summed E-state index contributed by atoms with van der Waals surface area (Å²) < 4.78 is 33.2. The molecule has 1 aromatic carbocycles. The van der Waals surface area contributed by atoms with Gasteiger partial charge in [-0.25, -0.2) is 14.4 Å². The Hall–Kier alpha value is -3.44. The van der Waals surface area contributed by atoms with Crippen LogP contribution in [0.5, 0.6) is 5.75 Å². The highest BCUT2D eigenvalue weighted by Gasteiger charge is 2.15. The Bertz CT molecular complexity index is 1040. The second kappa shape index (κ2) is 11.3. The van der Waals surface area contributed by atoms with E-state index in [0.29, 0.717) is 23.0 Å². The minimum absolute atomic E-state index is 0.115. The summed E-state index contributed by atoms with van der Waals surface area (Å²) in [6.07, 6.45) is 0. The van der Waals surface area contributed by atoms with Crippen LogP contribution < -0.4 is 10.1 Å². The van der Waals surface area contributed by atoms with Crippen molar-refractivity contribution in [2.24, 2.45) is 0 Å². The fourth-order valence-corrected chi connectivity index (χ4v) is 2.73. The molecule has 11 heteroatoms. The summed E-state index contributed by atoms with van der Waals surface area (Å²) in [5.74, 6) is 0.329. The van der Waals surface area contributed by atoms with E-state index in [1.54, 1.807) is 19.9 Å². The van der Waals surface area contributed by atoms with Crippen LogP contribution >= 0.6 is 0 Å². The zero-order chi connectivity index (χ0) is 22.9. The van der Waals surface area contributed by atoms with Crippen molar-refractivity contribution in [3.05, 3.63) is 53.1 Å². The number of aromatic nitrogens is 4. The summed E-state index contributed by atoms with van der Waals surface area (Å²) >= 11 is 0. The number of nitrogens with one attached hydrogen (secondary N) is 1. The molecule has 1 aliphatic heterocycles. The predicted molar refractivity (Wildman–Crippen MR) is 111 cm³/mol. The summed E-state index contributed by atoms with van der Waals surface area (Å²) in [4.78, 5) is 24.9. The molecule has 0 saturated carbocycles. The van der Waals surface area contributed by atoms with Crippen LogP contribution in [-0.2, 0) is 16.0 Å². The Balaban J connectivity index is 0.000000416. The molecule has 0 unspecified atom stereocenters. The molecular formula is C21H24FN5O5. The topological polar surface area (TPSA) is 121 Å². The molecule has 0 aliphatic carbocycles. The van der Waals surface area contributed by atoms with E-state index in [1.807, 2.05) is 0 Å². The Morgan fingerprint density at radius 1 is 1.09 bits per heavy atom. The molecule has 3 aromatic rings. The molecule has 1 N–H and O–H groups in total. The van der Waals surface area contributed by atoms with E-state index < -0.39 is 11.7 Å². The summed E-state index contributed by atoms with van der Waals surface area (Å²) in [5.41, 5.74) is 1.25. The van der Waals surface area contributed by atoms with Gasteiger partial charge in [-0.3, -0.25) is 4.79 Å². The number of halogens is 1. The van der Waals surface area contributed by atoms with Crippen molar-refractivity contribution in [3.63, 3.8) is 0 Å². The van der Waals surface area contributed by atoms with Crippen LogP contribution in [0.15, 0.2) is 28.8 Å². The van der Waals surface area contributed by atoms with Gasteiger partial charge in [-0.15, -0.1) is 0 Å². The molecule has 2 aromatic heterocycles. The zero-order valence-corrected chi connectivity index (χ0v) is 18.1. The number of hydrogen-bond acceptors (Lipinski definition) is 9. The number of benzene rings is 1. The zero-order valence-electron chi connectivity index (χ0n) is 18.1. The number of carbonyl (C=O) groups is 1. The lowest BCUT2D eigenvalue weighted by atomic mass is 10.2. The SMILES string of the molecule is C1COCCO1.COc1cc(CNC(=O)c2cc(-c3noc(C)n3)nc(C)n2)ccc1F. The van der Waals surface area contributed by atoms with Crippen LogP contribution in [0, 0.1) is 19.7 Å². The minimum atomic E-state index is -0.464. The number of aryl methyl sites for hydroxylation is 2. The van der Waals surface area contributed by atoms with Crippen LogP contribution in [0.2, 0.25) is 0 Å². The second-order valence-electron chi connectivity index (χ2n) is 6.70. The minimum Gasteiger partial charge on any atom is -0.494 e. The number of ether oxygens (including phenoxy) is 3. The first-order valence-electron chi connectivity index (χ1n) is 9.88. The normalized spacial score (nSPS) is 13.1. The third-order valence-corrected chi connectivity index (χ3v) is 4.24. The van der Waals surface area contributed by atoms with E-state index in [9.17, 15) is 9.18 Å². The third-order valence-electron chi connectivity index (χ3n) is 4.24. The van der Waals surface area contributed by atoms with Gasteiger partial charge in [-0.05, 0) is 30.7 Å². The highest BCUT2D eigenvalue weighted by atomic mass is 19.1. The van der Waals surface area contributed by atoms with E-state index in [1.165, 1.54) is 25.3 Å².